The Labute approximate surface area is 197 Å². The molecule has 0 atom stereocenters. The molecule has 10 heteroatoms. The topological polar surface area (TPSA) is 91.8 Å². The van der Waals surface area contributed by atoms with Crippen molar-refractivity contribution < 1.29 is 17.9 Å². The van der Waals surface area contributed by atoms with Gasteiger partial charge in [0, 0.05) is 49.2 Å². The summed E-state index contributed by atoms with van der Waals surface area (Å²) in [6.45, 7) is 2.91. The number of ether oxygens (including phenoxy) is 1. The van der Waals surface area contributed by atoms with Gasteiger partial charge in [0.2, 0.25) is 5.91 Å². The number of carbonyl (C=O) groups excluding carboxylic acids is 1. The number of nitrogens with zero attached hydrogens (tertiary/aromatic N) is 3. The Bertz CT molecular complexity index is 1200. The molecule has 0 unspecified atom stereocenters. The number of hydrogen-bond donors (Lipinski definition) is 1. The molecular weight excluding hydrogens is 460 g/mol. The maximum atomic E-state index is 12.8. The van der Waals surface area contributed by atoms with Crippen molar-refractivity contribution in [2.75, 3.05) is 49.8 Å². The van der Waals surface area contributed by atoms with E-state index >= 15 is 0 Å². The summed E-state index contributed by atoms with van der Waals surface area (Å²) < 4.78 is 28.4. The van der Waals surface area contributed by atoms with E-state index in [4.69, 9.17) is 4.74 Å². The Hall–Kier alpha value is -3.11. The molecule has 1 N–H and O–H groups in total. The van der Waals surface area contributed by atoms with E-state index < -0.39 is 9.84 Å². The van der Waals surface area contributed by atoms with Gasteiger partial charge in [-0.3, -0.25) is 4.79 Å². The van der Waals surface area contributed by atoms with Gasteiger partial charge < -0.3 is 19.9 Å². The van der Waals surface area contributed by atoms with E-state index in [1.165, 1.54) is 17.6 Å². The zero-order chi connectivity index (χ0) is 23.4. The number of methoxy groups -OCH3 is 1. The first kappa shape index (κ1) is 23.1. The van der Waals surface area contributed by atoms with E-state index in [9.17, 15) is 13.2 Å². The number of aromatic nitrogens is 1. The Morgan fingerprint density at radius 2 is 1.73 bits per heavy atom. The summed E-state index contributed by atoms with van der Waals surface area (Å²) in [6.07, 6.45) is 1.44. The molecule has 1 aliphatic heterocycles. The number of carbonyl (C=O) groups is 1. The number of thiazole rings is 1. The van der Waals surface area contributed by atoms with Gasteiger partial charge in [0.05, 0.1) is 24.1 Å². The van der Waals surface area contributed by atoms with Gasteiger partial charge in [-0.1, -0.05) is 0 Å². The van der Waals surface area contributed by atoms with Gasteiger partial charge in [-0.25, -0.2) is 13.4 Å². The molecule has 2 aromatic carbocycles. The maximum Gasteiger partial charge on any atom is 0.228 e. The molecular formula is C23H26N4O4S2. The molecule has 0 saturated carbocycles. The minimum Gasteiger partial charge on any atom is -0.497 e. The van der Waals surface area contributed by atoms with Gasteiger partial charge in [-0.15, -0.1) is 11.3 Å². The average Bonchev–Trinajstić information content (AvgIpc) is 3.25. The molecule has 1 saturated heterocycles. The summed E-state index contributed by atoms with van der Waals surface area (Å²) >= 11 is 1.41. The highest BCUT2D eigenvalue weighted by molar-refractivity contribution is 7.90. The van der Waals surface area contributed by atoms with E-state index in [1.54, 1.807) is 31.4 Å². The predicted molar refractivity (Wildman–Crippen MR) is 130 cm³/mol. The second-order valence-electron chi connectivity index (χ2n) is 7.81. The fraction of sp³-hybridized carbons (Fsp3) is 0.304. The molecule has 1 aliphatic rings. The van der Waals surface area contributed by atoms with Crippen LogP contribution >= 0.6 is 11.3 Å². The van der Waals surface area contributed by atoms with E-state index in [-0.39, 0.29) is 17.2 Å². The minimum absolute atomic E-state index is 0.0683. The van der Waals surface area contributed by atoms with Crippen molar-refractivity contribution in [2.45, 2.75) is 11.3 Å². The molecule has 0 bridgehead atoms. The molecule has 174 valence electrons. The molecule has 0 radical (unpaired) electrons. The third-order valence-corrected chi connectivity index (χ3v) is 7.42. The monoisotopic (exact) mass is 486 g/mol. The number of sulfone groups is 1. The Kier molecular flexibility index (Phi) is 6.85. The van der Waals surface area contributed by atoms with Gasteiger partial charge in [-0.05, 0) is 48.5 Å². The Morgan fingerprint density at radius 1 is 1.06 bits per heavy atom. The number of anilines is 3. The van der Waals surface area contributed by atoms with Crippen molar-refractivity contribution in [3.8, 4) is 5.75 Å². The fourth-order valence-electron chi connectivity index (χ4n) is 3.63. The smallest absolute Gasteiger partial charge is 0.228 e. The lowest BCUT2D eigenvalue weighted by molar-refractivity contribution is -0.130. The highest BCUT2D eigenvalue weighted by Gasteiger charge is 2.22. The van der Waals surface area contributed by atoms with Gasteiger partial charge in [-0.2, -0.15) is 0 Å². The molecule has 2 heterocycles. The zero-order valence-corrected chi connectivity index (χ0v) is 20.2. The number of rotatable bonds is 7. The van der Waals surface area contributed by atoms with Crippen LogP contribution in [0.1, 0.15) is 5.69 Å². The highest BCUT2D eigenvalue weighted by Crippen LogP contribution is 2.24. The number of amides is 1. The van der Waals surface area contributed by atoms with Gasteiger partial charge in [0.25, 0.3) is 0 Å². The standard InChI is InChI=1S/C23H26N4O4S2/c1-31-20-7-5-19(6-8-20)26-11-13-27(14-12-26)22(28)15-18-16-32-23(25-18)24-17-3-9-21(10-4-17)33(2,29)30/h3-10,16H,11-15H2,1-2H3,(H,24,25). The van der Waals surface area contributed by atoms with Gasteiger partial charge in [0.15, 0.2) is 15.0 Å². The van der Waals surface area contributed by atoms with Crippen molar-refractivity contribution in [3.63, 3.8) is 0 Å². The molecule has 1 amide bonds. The van der Waals surface area contributed by atoms with Crippen molar-refractivity contribution in [2.24, 2.45) is 0 Å². The van der Waals surface area contributed by atoms with E-state index in [0.717, 1.165) is 35.9 Å². The van der Waals surface area contributed by atoms with Gasteiger partial charge in [0.1, 0.15) is 5.75 Å². The molecule has 33 heavy (non-hydrogen) atoms. The summed E-state index contributed by atoms with van der Waals surface area (Å²) in [7, 11) is -1.57. The first-order chi connectivity index (χ1) is 15.8. The first-order valence-corrected chi connectivity index (χ1v) is 13.3. The number of benzene rings is 2. The molecule has 8 nitrogen and oxygen atoms in total. The zero-order valence-electron chi connectivity index (χ0n) is 18.5. The van der Waals surface area contributed by atoms with Crippen LogP contribution in [0.5, 0.6) is 5.75 Å². The number of piperazine rings is 1. The Morgan fingerprint density at radius 3 is 2.33 bits per heavy atom. The molecule has 1 aromatic heterocycles. The van der Waals surface area contributed by atoms with Crippen molar-refractivity contribution >= 4 is 43.6 Å². The highest BCUT2D eigenvalue weighted by atomic mass is 32.2. The summed E-state index contributed by atoms with van der Waals surface area (Å²) in [4.78, 5) is 21.7. The number of hydrogen-bond acceptors (Lipinski definition) is 8. The van der Waals surface area contributed by atoms with Crippen LogP contribution in [0.25, 0.3) is 0 Å². The van der Waals surface area contributed by atoms with Crippen LogP contribution in [0.4, 0.5) is 16.5 Å². The van der Waals surface area contributed by atoms with Crippen molar-refractivity contribution in [1.29, 1.82) is 0 Å². The second-order valence-corrected chi connectivity index (χ2v) is 10.7. The fourth-order valence-corrected chi connectivity index (χ4v) is 4.99. The molecule has 0 spiro atoms. The van der Waals surface area contributed by atoms with Crippen LogP contribution in [0.3, 0.4) is 0 Å². The summed E-state index contributed by atoms with van der Waals surface area (Å²) in [5, 5.41) is 5.69. The predicted octanol–water partition coefficient (Wildman–Crippen LogP) is 3.19. The van der Waals surface area contributed by atoms with Crippen molar-refractivity contribution in [1.82, 2.24) is 9.88 Å². The summed E-state index contributed by atoms with van der Waals surface area (Å²) in [6, 6.07) is 14.5. The largest absolute Gasteiger partial charge is 0.497 e. The summed E-state index contributed by atoms with van der Waals surface area (Å²) in [5.41, 5.74) is 2.59. The van der Waals surface area contributed by atoms with Crippen LogP contribution in [0, 0.1) is 0 Å². The lowest BCUT2D eigenvalue weighted by atomic mass is 10.2. The van der Waals surface area contributed by atoms with Crippen LogP contribution in [0.2, 0.25) is 0 Å². The summed E-state index contributed by atoms with van der Waals surface area (Å²) in [5.74, 6) is 0.898. The van der Waals surface area contributed by atoms with Crippen LogP contribution in [0.15, 0.2) is 58.8 Å². The maximum absolute atomic E-state index is 12.8. The van der Waals surface area contributed by atoms with Crippen LogP contribution < -0.4 is 15.0 Å². The quantitative estimate of drug-likeness (QED) is 0.548. The Balaban J connectivity index is 1.29. The SMILES string of the molecule is COc1ccc(N2CCN(C(=O)Cc3csc(Nc4ccc(S(C)(=O)=O)cc4)n3)CC2)cc1. The van der Waals surface area contributed by atoms with Crippen LogP contribution in [-0.4, -0.2) is 63.8 Å². The third kappa shape index (κ3) is 5.82. The van der Waals surface area contributed by atoms with Crippen molar-refractivity contribution in [3.05, 3.63) is 59.6 Å². The normalized spacial score (nSPS) is 14.2. The lowest BCUT2D eigenvalue weighted by Crippen LogP contribution is -2.49. The van der Waals surface area contributed by atoms with Gasteiger partial charge >= 0.3 is 0 Å². The third-order valence-electron chi connectivity index (χ3n) is 5.49. The second kappa shape index (κ2) is 9.80. The van der Waals surface area contributed by atoms with E-state index in [1.807, 2.05) is 34.5 Å². The molecule has 3 aromatic rings. The van der Waals surface area contributed by atoms with Crippen LogP contribution in [-0.2, 0) is 21.1 Å². The average molecular weight is 487 g/mol. The minimum atomic E-state index is -3.23. The molecule has 1 fully saturated rings. The lowest BCUT2D eigenvalue weighted by Gasteiger charge is -2.36. The molecule has 0 aliphatic carbocycles. The first-order valence-electron chi connectivity index (χ1n) is 10.5. The molecule has 4 rings (SSSR count). The van der Waals surface area contributed by atoms with E-state index in [2.05, 4.69) is 15.2 Å². The number of nitrogens with one attached hydrogen (secondary N) is 1. The van der Waals surface area contributed by atoms with E-state index in [0.29, 0.717) is 18.2 Å².